The molecule has 116 valence electrons. The molecule has 2 atom stereocenters. The van der Waals surface area contributed by atoms with E-state index in [1.807, 2.05) is 12.1 Å². The number of rotatable bonds is 4. The Balaban J connectivity index is 1.71. The van der Waals surface area contributed by atoms with Gasteiger partial charge in [0, 0.05) is 16.8 Å². The monoisotopic (exact) mass is 291 g/mol. The summed E-state index contributed by atoms with van der Waals surface area (Å²) in [4.78, 5) is 0. The van der Waals surface area contributed by atoms with Crippen molar-refractivity contribution in [3.63, 3.8) is 0 Å². The molecule has 1 aromatic rings. The maximum absolute atomic E-state index is 6.22. The Labute approximate surface area is 126 Å². The van der Waals surface area contributed by atoms with Gasteiger partial charge in [-0.15, -0.1) is 0 Å². The quantitative estimate of drug-likeness (QED) is 0.861. The lowest BCUT2D eigenvalue weighted by molar-refractivity contribution is -0.0320. The molecule has 0 amide bonds. The zero-order valence-corrected chi connectivity index (χ0v) is 12.8. The first kappa shape index (κ1) is 14.7. The molecule has 1 fully saturated rings. The normalized spacial score (nSPS) is 25.2. The molecule has 1 aliphatic carbocycles. The topological polar surface area (TPSA) is 53.7 Å². The van der Waals surface area contributed by atoms with Gasteiger partial charge in [0.05, 0.1) is 19.3 Å². The van der Waals surface area contributed by atoms with Crippen LogP contribution < -0.4 is 10.5 Å². The van der Waals surface area contributed by atoms with Gasteiger partial charge in [-0.05, 0) is 30.9 Å². The minimum absolute atomic E-state index is 0.310. The summed E-state index contributed by atoms with van der Waals surface area (Å²) in [6, 6.07) is 3.89. The Morgan fingerprint density at radius 2 is 2.14 bits per heavy atom. The van der Waals surface area contributed by atoms with Crippen LogP contribution in [0.15, 0.2) is 12.1 Å². The number of hydrogen-bond donors (Lipinski definition) is 1. The van der Waals surface area contributed by atoms with Gasteiger partial charge < -0.3 is 19.9 Å². The van der Waals surface area contributed by atoms with Gasteiger partial charge in [-0.1, -0.05) is 26.2 Å². The Morgan fingerprint density at radius 3 is 3.00 bits per heavy atom. The molecule has 0 spiro atoms. The van der Waals surface area contributed by atoms with Crippen LogP contribution >= 0.6 is 0 Å². The van der Waals surface area contributed by atoms with Crippen LogP contribution in [0, 0.1) is 5.92 Å². The number of anilines is 1. The van der Waals surface area contributed by atoms with Gasteiger partial charge in [-0.3, -0.25) is 0 Å². The molecule has 3 rings (SSSR count). The fraction of sp³-hybridized carbons (Fsp3) is 0.647. The number of benzene rings is 1. The molecule has 2 unspecified atom stereocenters. The second-order valence-corrected chi connectivity index (χ2v) is 6.08. The average Bonchev–Trinajstić information content (AvgIpc) is 2.52. The van der Waals surface area contributed by atoms with Crippen LogP contribution in [-0.4, -0.2) is 12.9 Å². The van der Waals surface area contributed by atoms with Gasteiger partial charge in [0.25, 0.3) is 0 Å². The smallest absolute Gasteiger partial charge is 0.189 e. The molecule has 1 aromatic carbocycles. The van der Waals surface area contributed by atoms with Gasteiger partial charge in [0.15, 0.2) is 6.79 Å². The predicted octanol–water partition coefficient (Wildman–Crippen LogP) is 3.62. The van der Waals surface area contributed by atoms with Crippen molar-refractivity contribution in [1.82, 2.24) is 0 Å². The minimum Gasteiger partial charge on any atom is -0.467 e. The van der Waals surface area contributed by atoms with Gasteiger partial charge in [0.2, 0.25) is 0 Å². The molecule has 1 heterocycles. The first-order valence-corrected chi connectivity index (χ1v) is 8.01. The highest BCUT2D eigenvalue weighted by Gasteiger charge is 2.25. The molecule has 2 aliphatic rings. The Hall–Kier alpha value is -1.26. The summed E-state index contributed by atoms with van der Waals surface area (Å²) in [5.74, 6) is 1.60. The molecule has 21 heavy (non-hydrogen) atoms. The van der Waals surface area contributed by atoms with Crippen molar-refractivity contribution in [2.75, 3.05) is 12.5 Å². The minimum atomic E-state index is 0.310. The van der Waals surface area contributed by atoms with E-state index >= 15 is 0 Å². The number of ether oxygens (including phenoxy) is 3. The van der Waals surface area contributed by atoms with Crippen molar-refractivity contribution >= 4 is 5.69 Å². The lowest BCUT2D eigenvalue weighted by atomic mass is 9.85. The molecule has 0 radical (unpaired) electrons. The maximum atomic E-state index is 6.22. The number of nitrogen functional groups attached to an aromatic ring is 1. The summed E-state index contributed by atoms with van der Waals surface area (Å²) >= 11 is 0. The number of fused-ring (bicyclic) bond motifs is 1. The highest BCUT2D eigenvalue weighted by molar-refractivity contribution is 5.53. The van der Waals surface area contributed by atoms with Crippen molar-refractivity contribution in [2.24, 2.45) is 5.92 Å². The molecule has 4 nitrogen and oxygen atoms in total. The van der Waals surface area contributed by atoms with Gasteiger partial charge in [0.1, 0.15) is 5.75 Å². The van der Waals surface area contributed by atoms with E-state index in [2.05, 4.69) is 6.92 Å². The first-order chi connectivity index (χ1) is 10.3. The fourth-order valence-corrected chi connectivity index (χ4v) is 3.49. The molecule has 0 saturated heterocycles. The predicted molar refractivity (Wildman–Crippen MR) is 82.0 cm³/mol. The highest BCUT2D eigenvalue weighted by Crippen LogP contribution is 2.34. The molecule has 0 aromatic heterocycles. The second kappa shape index (κ2) is 6.67. The van der Waals surface area contributed by atoms with E-state index in [-0.39, 0.29) is 0 Å². The van der Waals surface area contributed by atoms with Crippen LogP contribution in [0.5, 0.6) is 5.75 Å². The van der Waals surface area contributed by atoms with Gasteiger partial charge >= 0.3 is 0 Å². The van der Waals surface area contributed by atoms with Crippen molar-refractivity contribution in [2.45, 2.75) is 58.3 Å². The summed E-state index contributed by atoms with van der Waals surface area (Å²) < 4.78 is 17.2. The van der Waals surface area contributed by atoms with Crippen molar-refractivity contribution in [3.8, 4) is 5.75 Å². The van der Waals surface area contributed by atoms with Gasteiger partial charge in [-0.2, -0.15) is 0 Å². The molecule has 1 aliphatic heterocycles. The lowest BCUT2D eigenvalue weighted by Gasteiger charge is -2.31. The maximum Gasteiger partial charge on any atom is 0.189 e. The summed E-state index contributed by atoms with van der Waals surface area (Å²) in [7, 11) is 0. The first-order valence-electron chi connectivity index (χ1n) is 8.01. The SMILES string of the molecule is CCC1CCCCC1OCc1cc(N)cc2c1OCOC2. The Morgan fingerprint density at radius 1 is 1.29 bits per heavy atom. The summed E-state index contributed by atoms with van der Waals surface area (Å²) in [6.07, 6.45) is 6.66. The van der Waals surface area contributed by atoms with Crippen LogP contribution in [0.1, 0.15) is 50.2 Å². The molecule has 2 N–H and O–H groups in total. The zero-order chi connectivity index (χ0) is 14.7. The lowest BCUT2D eigenvalue weighted by Crippen LogP contribution is -2.27. The van der Waals surface area contributed by atoms with Gasteiger partial charge in [-0.25, -0.2) is 0 Å². The van der Waals surface area contributed by atoms with Crippen LogP contribution in [0.4, 0.5) is 5.69 Å². The van der Waals surface area contributed by atoms with E-state index in [1.54, 1.807) is 0 Å². The van der Waals surface area contributed by atoms with Crippen LogP contribution in [-0.2, 0) is 22.7 Å². The molecular weight excluding hydrogens is 266 g/mol. The van der Waals surface area contributed by atoms with E-state index < -0.39 is 0 Å². The third kappa shape index (κ3) is 3.33. The van der Waals surface area contributed by atoms with Crippen LogP contribution in [0.3, 0.4) is 0 Å². The largest absolute Gasteiger partial charge is 0.467 e. The molecule has 0 bridgehead atoms. The average molecular weight is 291 g/mol. The summed E-state index contributed by atoms with van der Waals surface area (Å²) in [5.41, 5.74) is 8.80. The van der Waals surface area contributed by atoms with E-state index in [4.69, 9.17) is 19.9 Å². The number of hydrogen-bond acceptors (Lipinski definition) is 4. The van der Waals surface area contributed by atoms with Crippen LogP contribution in [0.2, 0.25) is 0 Å². The standard InChI is InChI=1S/C17H25NO3/c1-2-12-5-3-4-6-16(12)20-10-14-8-15(18)7-13-9-19-11-21-17(13)14/h7-8,12,16H,2-6,9-11,18H2,1H3. The van der Waals surface area contributed by atoms with E-state index in [0.29, 0.717) is 32.0 Å². The van der Waals surface area contributed by atoms with Crippen molar-refractivity contribution in [1.29, 1.82) is 0 Å². The zero-order valence-electron chi connectivity index (χ0n) is 12.8. The summed E-state index contributed by atoms with van der Waals surface area (Å²) in [6.45, 7) is 3.71. The second-order valence-electron chi connectivity index (χ2n) is 6.08. The van der Waals surface area contributed by atoms with E-state index in [9.17, 15) is 0 Å². The van der Waals surface area contributed by atoms with Crippen LogP contribution in [0.25, 0.3) is 0 Å². The molecule has 4 heteroatoms. The third-order valence-corrected chi connectivity index (χ3v) is 4.63. The fourth-order valence-electron chi connectivity index (χ4n) is 3.49. The Bertz CT molecular complexity index is 489. The van der Waals surface area contributed by atoms with Crippen molar-refractivity contribution < 1.29 is 14.2 Å². The molecular formula is C17H25NO3. The summed E-state index contributed by atoms with van der Waals surface area (Å²) in [5, 5.41) is 0. The Kier molecular flexibility index (Phi) is 4.66. The van der Waals surface area contributed by atoms with E-state index in [0.717, 1.165) is 22.6 Å². The third-order valence-electron chi connectivity index (χ3n) is 4.63. The highest BCUT2D eigenvalue weighted by atomic mass is 16.7. The van der Waals surface area contributed by atoms with E-state index in [1.165, 1.54) is 32.1 Å². The van der Waals surface area contributed by atoms with Crippen molar-refractivity contribution in [3.05, 3.63) is 23.3 Å². The molecule has 1 saturated carbocycles. The number of nitrogens with two attached hydrogens (primary N) is 1.